The zero-order valence-electron chi connectivity index (χ0n) is 10.0. The van der Waals surface area contributed by atoms with Gasteiger partial charge in [-0.25, -0.2) is 4.79 Å². The number of nitrogens with one attached hydrogen (secondary N) is 1. The summed E-state index contributed by atoms with van der Waals surface area (Å²) in [7, 11) is 0. The topological polar surface area (TPSA) is 52.6 Å². The maximum atomic E-state index is 11.9. The zero-order chi connectivity index (χ0) is 11.6. The van der Waals surface area contributed by atoms with Gasteiger partial charge in [0, 0.05) is 13.1 Å². The van der Waals surface area contributed by atoms with Gasteiger partial charge in [-0.1, -0.05) is 19.8 Å². The largest absolute Gasteiger partial charge is 0.394 e. The van der Waals surface area contributed by atoms with Crippen molar-refractivity contribution in [3.8, 4) is 0 Å². The van der Waals surface area contributed by atoms with Gasteiger partial charge >= 0.3 is 6.03 Å². The Morgan fingerprint density at radius 1 is 1.56 bits per heavy atom. The summed E-state index contributed by atoms with van der Waals surface area (Å²) in [6, 6.07) is 0.00870. The number of aliphatic hydroxyl groups excluding tert-OH is 1. The lowest BCUT2D eigenvalue weighted by atomic mass is 9.75. The number of nitrogens with zero attached hydrogens (tertiary/aromatic N) is 1. The Kier molecular flexibility index (Phi) is 3.38. The molecule has 1 heterocycles. The van der Waals surface area contributed by atoms with Crippen molar-refractivity contribution in [3.05, 3.63) is 0 Å². The van der Waals surface area contributed by atoms with Gasteiger partial charge in [-0.3, -0.25) is 0 Å². The van der Waals surface area contributed by atoms with Crippen molar-refractivity contribution in [3.63, 3.8) is 0 Å². The van der Waals surface area contributed by atoms with E-state index in [0.717, 1.165) is 38.8 Å². The molecule has 4 heteroatoms. The van der Waals surface area contributed by atoms with Crippen molar-refractivity contribution in [2.75, 3.05) is 19.7 Å². The number of carbonyl (C=O) groups excluding carboxylic acids is 1. The minimum atomic E-state index is -0.290. The predicted molar refractivity (Wildman–Crippen MR) is 62.2 cm³/mol. The van der Waals surface area contributed by atoms with E-state index in [0.29, 0.717) is 5.92 Å². The average molecular weight is 226 g/mol. The molecule has 0 radical (unpaired) electrons. The van der Waals surface area contributed by atoms with Gasteiger partial charge in [0.1, 0.15) is 0 Å². The molecule has 2 N–H and O–H groups in total. The first-order chi connectivity index (χ1) is 7.68. The molecule has 92 valence electrons. The third-order valence-electron chi connectivity index (χ3n) is 4.01. The lowest BCUT2D eigenvalue weighted by Gasteiger charge is -2.48. The summed E-state index contributed by atoms with van der Waals surface area (Å²) < 4.78 is 0. The highest BCUT2D eigenvalue weighted by Crippen LogP contribution is 2.37. The quantitative estimate of drug-likeness (QED) is 0.746. The minimum absolute atomic E-state index is 0.00870. The first kappa shape index (κ1) is 11.7. The molecular weight excluding hydrogens is 204 g/mol. The molecule has 2 fully saturated rings. The van der Waals surface area contributed by atoms with Crippen molar-refractivity contribution in [2.24, 2.45) is 5.92 Å². The number of amides is 2. The first-order valence-corrected chi connectivity index (χ1v) is 6.34. The summed E-state index contributed by atoms with van der Waals surface area (Å²) in [5, 5.41) is 12.6. The van der Waals surface area contributed by atoms with Crippen LogP contribution in [0.4, 0.5) is 4.79 Å². The molecule has 2 rings (SSSR count). The molecule has 16 heavy (non-hydrogen) atoms. The molecule has 0 aromatic carbocycles. The van der Waals surface area contributed by atoms with Crippen LogP contribution in [0.5, 0.6) is 0 Å². The third kappa shape index (κ3) is 2.03. The summed E-state index contributed by atoms with van der Waals surface area (Å²) in [6.45, 7) is 3.88. The summed E-state index contributed by atoms with van der Waals surface area (Å²) in [5.74, 6) is 0.607. The highest BCUT2D eigenvalue weighted by atomic mass is 16.3. The standard InChI is InChI=1S/C12H22N2O2/c1-10-4-2-5-12(8-10,9-15)14-7-3-6-13-11(14)16/h10,15H,2-9H2,1H3,(H,13,16). The molecule has 1 aliphatic heterocycles. The number of hydrogen-bond acceptors (Lipinski definition) is 2. The fourth-order valence-electron chi connectivity index (χ4n) is 3.19. The van der Waals surface area contributed by atoms with Crippen LogP contribution in [0.15, 0.2) is 0 Å². The second kappa shape index (κ2) is 4.62. The molecule has 0 spiro atoms. The molecule has 2 amide bonds. The molecule has 1 saturated heterocycles. The van der Waals surface area contributed by atoms with E-state index >= 15 is 0 Å². The fourth-order valence-corrected chi connectivity index (χ4v) is 3.19. The molecule has 0 aromatic rings. The first-order valence-electron chi connectivity index (χ1n) is 6.34. The van der Waals surface area contributed by atoms with E-state index < -0.39 is 0 Å². The Morgan fingerprint density at radius 2 is 2.38 bits per heavy atom. The Bertz CT molecular complexity index is 270. The number of aliphatic hydroxyl groups is 1. The maximum Gasteiger partial charge on any atom is 0.317 e. The van der Waals surface area contributed by atoms with Crippen LogP contribution in [0.3, 0.4) is 0 Å². The Hall–Kier alpha value is -0.770. The fraction of sp³-hybridized carbons (Fsp3) is 0.917. The van der Waals surface area contributed by atoms with Gasteiger partial charge in [-0.2, -0.15) is 0 Å². The van der Waals surface area contributed by atoms with Gasteiger partial charge in [-0.15, -0.1) is 0 Å². The van der Waals surface area contributed by atoms with E-state index in [-0.39, 0.29) is 18.2 Å². The van der Waals surface area contributed by atoms with Crippen LogP contribution in [-0.4, -0.2) is 41.3 Å². The van der Waals surface area contributed by atoms with Crippen molar-refractivity contribution < 1.29 is 9.90 Å². The summed E-state index contributed by atoms with van der Waals surface area (Å²) >= 11 is 0. The zero-order valence-corrected chi connectivity index (χ0v) is 10.0. The van der Waals surface area contributed by atoms with Gasteiger partial charge in [0.15, 0.2) is 0 Å². The average Bonchev–Trinajstić information content (AvgIpc) is 2.29. The highest BCUT2D eigenvalue weighted by molar-refractivity contribution is 5.75. The minimum Gasteiger partial charge on any atom is -0.394 e. The summed E-state index contributed by atoms with van der Waals surface area (Å²) in [4.78, 5) is 13.7. The second-order valence-corrected chi connectivity index (χ2v) is 5.32. The van der Waals surface area contributed by atoms with E-state index in [9.17, 15) is 9.90 Å². The van der Waals surface area contributed by atoms with Gasteiger partial charge < -0.3 is 15.3 Å². The van der Waals surface area contributed by atoms with E-state index in [2.05, 4.69) is 12.2 Å². The third-order valence-corrected chi connectivity index (χ3v) is 4.01. The molecule has 1 saturated carbocycles. The van der Waals surface area contributed by atoms with Crippen LogP contribution in [0.2, 0.25) is 0 Å². The van der Waals surface area contributed by atoms with Crippen LogP contribution >= 0.6 is 0 Å². The van der Waals surface area contributed by atoms with Gasteiger partial charge in [-0.05, 0) is 25.2 Å². The van der Waals surface area contributed by atoms with Gasteiger partial charge in [0.25, 0.3) is 0 Å². The van der Waals surface area contributed by atoms with E-state index in [1.165, 1.54) is 6.42 Å². The van der Waals surface area contributed by atoms with Crippen molar-refractivity contribution in [2.45, 2.75) is 44.6 Å². The lowest BCUT2D eigenvalue weighted by molar-refractivity contribution is 0.00656. The van der Waals surface area contributed by atoms with Gasteiger partial charge in [0.05, 0.1) is 12.1 Å². The summed E-state index contributed by atoms with van der Waals surface area (Å²) in [5.41, 5.74) is -0.290. The summed E-state index contributed by atoms with van der Waals surface area (Å²) in [6.07, 6.45) is 5.21. The number of urea groups is 1. The monoisotopic (exact) mass is 226 g/mol. The number of rotatable bonds is 2. The Morgan fingerprint density at radius 3 is 3.00 bits per heavy atom. The van der Waals surface area contributed by atoms with E-state index in [4.69, 9.17) is 0 Å². The number of carbonyl (C=O) groups is 1. The molecule has 0 aromatic heterocycles. The Labute approximate surface area is 97.0 Å². The lowest BCUT2D eigenvalue weighted by Crippen LogP contribution is -2.61. The van der Waals surface area contributed by atoms with Crippen molar-refractivity contribution >= 4 is 6.03 Å². The van der Waals surface area contributed by atoms with Crippen molar-refractivity contribution in [1.29, 1.82) is 0 Å². The van der Waals surface area contributed by atoms with Crippen LogP contribution < -0.4 is 5.32 Å². The van der Waals surface area contributed by atoms with E-state index in [1.807, 2.05) is 4.90 Å². The maximum absolute atomic E-state index is 11.9. The molecule has 0 bridgehead atoms. The Balaban J connectivity index is 2.15. The molecule has 4 nitrogen and oxygen atoms in total. The number of hydrogen-bond donors (Lipinski definition) is 2. The van der Waals surface area contributed by atoms with Crippen LogP contribution in [-0.2, 0) is 0 Å². The molecular formula is C12H22N2O2. The molecule has 2 unspecified atom stereocenters. The molecule has 2 atom stereocenters. The van der Waals surface area contributed by atoms with E-state index in [1.54, 1.807) is 0 Å². The molecule has 2 aliphatic rings. The normalized spacial score (nSPS) is 36.0. The predicted octanol–water partition coefficient (Wildman–Crippen LogP) is 1.34. The molecule has 1 aliphatic carbocycles. The SMILES string of the molecule is CC1CCCC(CO)(N2CCCNC2=O)C1. The highest BCUT2D eigenvalue weighted by Gasteiger charge is 2.42. The van der Waals surface area contributed by atoms with Crippen LogP contribution in [0, 0.1) is 5.92 Å². The van der Waals surface area contributed by atoms with Crippen LogP contribution in [0.1, 0.15) is 39.0 Å². The van der Waals surface area contributed by atoms with Crippen LogP contribution in [0.25, 0.3) is 0 Å². The second-order valence-electron chi connectivity index (χ2n) is 5.32. The van der Waals surface area contributed by atoms with Gasteiger partial charge in [0.2, 0.25) is 0 Å². The van der Waals surface area contributed by atoms with Crippen molar-refractivity contribution in [1.82, 2.24) is 10.2 Å². The smallest absolute Gasteiger partial charge is 0.317 e.